The second kappa shape index (κ2) is 6.62. The number of aromatic nitrogens is 2. The molecule has 1 N–H and O–H groups in total. The monoisotopic (exact) mass is 237 g/mol. The van der Waals surface area contributed by atoms with Crippen molar-refractivity contribution in [2.45, 2.75) is 45.6 Å². The highest BCUT2D eigenvalue weighted by molar-refractivity contribution is 7.05. The number of hydrogen-bond donors (Lipinski definition) is 1. The molecule has 1 unspecified atom stereocenters. The fraction of sp³-hybridized carbons (Fsp3) is 0.667. The van der Waals surface area contributed by atoms with Crippen LogP contribution >= 0.6 is 11.5 Å². The molecule has 0 aliphatic carbocycles. The van der Waals surface area contributed by atoms with Crippen molar-refractivity contribution in [1.29, 1.82) is 0 Å². The van der Waals surface area contributed by atoms with Gasteiger partial charge in [0, 0.05) is 12.5 Å². The molecule has 1 heterocycles. The highest BCUT2D eigenvalue weighted by Gasteiger charge is 2.19. The van der Waals surface area contributed by atoms with Gasteiger partial charge in [-0.2, -0.15) is 0 Å². The van der Waals surface area contributed by atoms with E-state index in [-0.39, 0.29) is 0 Å². The zero-order chi connectivity index (χ0) is 12.0. The number of nitrogens with one attached hydrogen (secondary N) is 1. The first kappa shape index (κ1) is 13.1. The molecule has 0 fully saturated rings. The molecular weight excluding hydrogens is 218 g/mol. The van der Waals surface area contributed by atoms with E-state index in [1.807, 2.05) is 0 Å². The lowest BCUT2D eigenvalue weighted by Gasteiger charge is -2.16. The van der Waals surface area contributed by atoms with Crippen molar-refractivity contribution in [3.8, 4) is 12.3 Å². The quantitative estimate of drug-likeness (QED) is 0.773. The summed E-state index contributed by atoms with van der Waals surface area (Å²) < 4.78 is 4.05. The van der Waals surface area contributed by atoms with Crippen LogP contribution in [0.5, 0.6) is 0 Å². The van der Waals surface area contributed by atoms with Crippen molar-refractivity contribution >= 4 is 11.5 Å². The third-order valence-electron chi connectivity index (χ3n) is 2.43. The van der Waals surface area contributed by atoms with Crippen molar-refractivity contribution in [2.75, 3.05) is 6.54 Å². The molecule has 1 rings (SSSR count). The first-order chi connectivity index (χ1) is 7.70. The fourth-order valence-corrected chi connectivity index (χ4v) is 2.56. The van der Waals surface area contributed by atoms with Gasteiger partial charge in [-0.05, 0) is 30.4 Å². The molecule has 0 aliphatic heterocycles. The van der Waals surface area contributed by atoms with Gasteiger partial charge < -0.3 is 5.32 Å². The van der Waals surface area contributed by atoms with Gasteiger partial charge >= 0.3 is 0 Å². The molecule has 1 atom stereocenters. The average Bonchev–Trinajstić information content (AvgIpc) is 2.73. The van der Waals surface area contributed by atoms with Crippen LogP contribution in [-0.2, 0) is 0 Å². The van der Waals surface area contributed by atoms with E-state index in [2.05, 4.69) is 41.6 Å². The van der Waals surface area contributed by atoms with E-state index in [1.165, 1.54) is 16.4 Å². The second-order valence-electron chi connectivity index (χ2n) is 4.03. The Hall–Kier alpha value is -0.920. The van der Waals surface area contributed by atoms with Gasteiger partial charge in [0.2, 0.25) is 0 Å². The SMILES string of the molecule is C#CCCC(NCC)c1snnc1C(C)C. The molecule has 0 amide bonds. The van der Waals surface area contributed by atoms with Gasteiger partial charge in [-0.3, -0.25) is 0 Å². The van der Waals surface area contributed by atoms with Crippen LogP contribution in [0.4, 0.5) is 0 Å². The predicted octanol–water partition coefficient (Wildman–Crippen LogP) is 2.73. The van der Waals surface area contributed by atoms with E-state index in [0.29, 0.717) is 12.0 Å². The van der Waals surface area contributed by atoms with Crippen molar-refractivity contribution in [3.05, 3.63) is 10.6 Å². The molecule has 1 aromatic heterocycles. The molecule has 0 spiro atoms. The standard InChI is InChI=1S/C12H19N3S/c1-5-7-8-10(13-6-2)12-11(9(3)4)14-15-16-12/h1,9-10,13H,6-8H2,2-4H3. The largest absolute Gasteiger partial charge is 0.309 e. The Balaban J connectivity index is 2.83. The maximum Gasteiger partial charge on any atom is 0.0829 e. The minimum atomic E-state index is 0.304. The third kappa shape index (κ3) is 3.29. The summed E-state index contributed by atoms with van der Waals surface area (Å²) in [5.74, 6) is 3.11. The number of terminal acetylenes is 1. The van der Waals surface area contributed by atoms with Gasteiger partial charge in [0.1, 0.15) is 0 Å². The Morgan fingerprint density at radius 2 is 2.25 bits per heavy atom. The van der Waals surface area contributed by atoms with Crippen LogP contribution in [-0.4, -0.2) is 16.1 Å². The maximum absolute atomic E-state index is 5.32. The van der Waals surface area contributed by atoms with Crippen LogP contribution < -0.4 is 5.32 Å². The molecule has 0 radical (unpaired) electrons. The van der Waals surface area contributed by atoms with Gasteiger partial charge in [0.05, 0.1) is 10.6 Å². The predicted molar refractivity (Wildman–Crippen MR) is 68.5 cm³/mol. The minimum Gasteiger partial charge on any atom is -0.309 e. The summed E-state index contributed by atoms with van der Waals surface area (Å²) >= 11 is 1.48. The summed E-state index contributed by atoms with van der Waals surface area (Å²) in [5, 5.41) is 7.65. The van der Waals surface area contributed by atoms with Crippen molar-refractivity contribution < 1.29 is 0 Å². The Kier molecular flexibility index (Phi) is 5.44. The van der Waals surface area contributed by atoms with Gasteiger partial charge in [0.15, 0.2) is 0 Å². The first-order valence-electron chi connectivity index (χ1n) is 5.69. The van der Waals surface area contributed by atoms with Crippen LogP contribution in [0.25, 0.3) is 0 Å². The fourth-order valence-electron chi connectivity index (χ4n) is 1.65. The molecule has 0 bridgehead atoms. The molecule has 1 aromatic rings. The lowest BCUT2D eigenvalue weighted by atomic mass is 10.0. The van der Waals surface area contributed by atoms with Crippen LogP contribution in [0.2, 0.25) is 0 Å². The highest BCUT2D eigenvalue weighted by atomic mass is 32.1. The van der Waals surface area contributed by atoms with Crippen molar-refractivity contribution in [1.82, 2.24) is 14.9 Å². The van der Waals surface area contributed by atoms with Gasteiger partial charge in [-0.1, -0.05) is 25.3 Å². The Morgan fingerprint density at radius 1 is 1.50 bits per heavy atom. The van der Waals surface area contributed by atoms with E-state index >= 15 is 0 Å². The molecule has 88 valence electrons. The molecule has 4 heteroatoms. The molecule has 0 aromatic carbocycles. The number of nitrogens with zero attached hydrogens (tertiary/aromatic N) is 2. The maximum atomic E-state index is 5.32. The summed E-state index contributed by atoms with van der Waals surface area (Å²) in [5.41, 5.74) is 1.10. The van der Waals surface area contributed by atoms with Crippen LogP contribution in [0.15, 0.2) is 0 Å². The lowest BCUT2D eigenvalue weighted by molar-refractivity contribution is 0.523. The molecule has 3 nitrogen and oxygen atoms in total. The van der Waals surface area contributed by atoms with E-state index in [4.69, 9.17) is 6.42 Å². The van der Waals surface area contributed by atoms with E-state index < -0.39 is 0 Å². The van der Waals surface area contributed by atoms with E-state index in [9.17, 15) is 0 Å². The Labute approximate surface area is 102 Å². The minimum absolute atomic E-state index is 0.304. The number of hydrogen-bond acceptors (Lipinski definition) is 4. The zero-order valence-corrected chi connectivity index (χ0v) is 11.0. The molecule has 16 heavy (non-hydrogen) atoms. The molecular formula is C12H19N3S. The smallest absolute Gasteiger partial charge is 0.0829 e. The summed E-state index contributed by atoms with van der Waals surface area (Å²) in [6, 6.07) is 0.304. The van der Waals surface area contributed by atoms with Crippen molar-refractivity contribution in [3.63, 3.8) is 0 Å². The molecule has 0 saturated heterocycles. The second-order valence-corrected chi connectivity index (χ2v) is 4.82. The Bertz CT molecular complexity index is 351. The van der Waals surface area contributed by atoms with Gasteiger partial charge in [-0.15, -0.1) is 17.4 Å². The Morgan fingerprint density at radius 3 is 2.81 bits per heavy atom. The molecule has 0 saturated carbocycles. The molecule has 0 aliphatic rings. The highest BCUT2D eigenvalue weighted by Crippen LogP contribution is 2.28. The van der Waals surface area contributed by atoms with Crippen LogP contribution in [0.3, 0.4) is 0 Å². The topological polar surface area (TPSA) is 37.8 Å². The van der Waals surface area contributed by atoms with Crippen LogP contribution in [0.1, 0.15) is 56.1 Å². The lowest BCUT2D eigenvalue weighted by Crippen LogP contribution is -2.21. The number of rotatable bonds is 6. The summed E-state index contributed by atoms with van der Waals surface area (Å²) in [4.78, 5) is 1.24. The van der Waals surface area contributed by atoms with E-state index in [0.717, 1.165) is 25.1 Å². The van der Waals surface area contributed by atoms with E-state index in [1.54, 1.807) is 0 Å². The van der Waals surface area contributed by atoms with Crippen LogP contribution in [0, 0.1) is 12.3 Å². The summed E-state index contributed by atoms with van der Waals surface area (Å²) in [7, 11) is 0. The van der Waals surface area contributed by atoms with Gasteiger partial charge in [-0.25, -0.2) is 0 Å². The zero-order valence-electron chi connectivity index (χ0n) is 10.2. The summed E-state index contributed by atoms with van der Waals surface area (Å²) in [6.07, 6.45) is 7.06. The summed E-state index contributed by atoms with van der Waals surface area (Å²) in [6.45, 7) is 7.33. The first-order valence-corrected chi connectivity index (χ1v) is 6.47. The third-order valence-corrected chi connectivity index (χ3v) is 3.29. The van der Waals surface area contributed by atoms with Crippen molar-refractivity contribution in [2.24, 2.45) is 0 Å². The normalized spacial score (nSPS) is 12.7. The average molecular weight is 237 g/mol. The van der Waals surface area contributed by atoms with Gasteiger partial charge in [0.25, 0.3) is 0 Å².